The Labute approximate surface area is 90.6 Å². The van der Waals surface area contributed by atoms with E-state index in [9.17, 15) is 9.59 Å². The van der Waals surface area contributed by atoms with E-state index in [1.54, 1.807) is 0 Å². The molecule has 0 aromatic rings. The molecule has 0 aliphatic carbocycles. The molecule has 5 nitrogen and oxygen atoms in total. The van der Waals surface area contributed by atoms with Crippen molar-refractivity contribution in [2.45, 2.75) is 40.5 Å². The SMILES string of the molecule is CCCOC(C)=O.CCCOOC(C)=O. The molecular weight excluding hydrogens is 200 g/mol. The van der Waals surface area contributed by atoms with Crippen molar-refractivity contribution in [2.24, 2.45) is 0 Å². The average molecular weight is 220 g/mol. The molecule has 0 unspecified atom stereocenters. The maximum absolute atomic E-state index is 9.98. The van der Waals surface area contributed by atoms with E-state index < -0.39 is 5.97 Å². The second-order valence-electron chi connectivity index (χ2n) is 2.74. The van der Waals surface area contributed by atoms with Gasteiger partial charge in [0.25, 0.3) is 0 Å². The van der Waals surface area contributed by atoms with Crippen LogP contribution >= 0.6 is 0 Å². The van der Waals surface area contributed by atoms with Crippen LogP contribution in [0.25, 0.3) is 0 Å². The summed E-state index contributed by atoms with van der Waals surface area (Å²) in [5, 5.41) is 0. The highest BCUT2D eigenvalue weighted by molar-refractivity contribution is 5.65. The van der Waals surface area contributed by atoms with Crippen LogP contribution in [0, 0.1) is 0 Å². The third kappa shape index (κ3) is 24.6. The van der Waals surface area contributed by atoms with Crippen molar-refractivity contribution >= 4 is 11.9 Å². The predicted octanol–water partition coefficient (Wildman–Crippen LogP) is 1.85. The van der Waals surface area contributed by atoms with Gasteiger partial charge in [0.05, 0.1) is 13.2 Å². The summed E-state index contributed by atoms with van der Waals surface area (Å²) in [4.78, 5) is 28.5. The van der Waals surface area contributed by atoms with Crippen LogP contribution in [0.15, 0.2) is 0 Å². The molecule has 0 radical (unpaired) electrons. The van der Waals surface area contributed by atoms with Gasteiger partial charge in [-0.25, -0.2) is 4.79 Å². The van der Waals surface area contributed by atoms with Gasteiger partial charge in [-0.1, -0.05) is 13.8 Å². The van der Waals surface area contributed by atoms with Crippen molar-refractivity contribution in [1.82, 2.24) is 0 Å². The van der Waals surface area contributed by atoms with Gasteiger partial charge in [-0.05, 0) is 12.8 Å². The Morgan fingerprint density at radius 2 is 1.47 bits per heavy atom. The largest absolute Gasteiger partial charge is 0.466 e. The van der Waals surface area contributed by atoms with Crippen molar-refractivity contribution < 1.29 is 24.1 Å². The molecule has 0 spiro atoms. The van der Waals surface area contributed by atoms with Crippen molar-refractivity contribution in [3.63, 3.8) is 0 Å². The maximum Gasteiger partial charge on any atom is 0.339 e. The van der Waals surface area contributed by atoms with Gasteiger partial charge in [0.1, 0.15) is 0 Å². The van der Waals surface area contributed by atoms with Gasteiger partial charge in [0.15, 0.2) is 0 Å². The highest BCUT2D eigenvalue weighted by atomic mass is 17.2. The number of carbonyl (C=O) groups excluding carboxylic acids is 2. The van der Waals surface area contributed by atoms with E-state index in [1.807, 2.05) is 13.8 Å². The summed E-state index contributed by atoms with van der Waals surface area (Å²) in [5.74, 6) is -0.597. The molecule has 0 amide bonds. The Morgan fingerprint density at radius 1 is 0.933 bits per heavy atom. The Balaban J connectivity index is 0. The molecule has 0 saturated carbocycles. The van der Waals surface area contributed by atoms with Crippen molar-refractivity contribution in [3.05, 3.63) is 0 Å². The predicted molar refractivity (Wildman–Crippen MR) is 54.9 cm³/mol. The molecule has 0 aromatic heterocycles. The molecule has 15 heavy (non-hydrogen) atoms. The summed E-state index contributed by atoms with van der Waals surface area (Å²) in [6, 6.07) is 0. The number of carbonyl (C=O) groups is 2. The first-order valence-electron chi connectivity index (χ1n) is 4.97. The fourth-order valence-electron chi connectivity index (χ4n) is 0.454. The van der Waals surface area contributed by atoms with Crippen LogP contribution in [-0.4, -0.2) is 25.2 Å². The van der Waals surface area contributed by atoms with Crippen LogP contribution in [0.3, 0.4) is 0 Å². The van der Waals surface area contributed by atoms with Gasteiger partial charge in [-0.3, -0.25) is 9.68 Å². The lowest BCUT2D eigenvalue weighted by Gasteiger charge is -1.95. The topological polar surface area (TPSA) is 61.8 Å². The minimum atomic E-state index is -0.404. The third-order valence-electron chi connectivity index (χ3n) is 0.973. The van der Waals surface area contributed by atoms with Gasteiger partial charge in [0.2, 0.25) is 0 Å². The number of esters is 1. The van der Waals surface area contributed by atoms with Gasteiger partial charge >= 0.3 is 11.9 Å². The third-order valence-corrected chi connectivity index (χ3v) is 0.973. The van der Waals surface area contributed by atoms with E-state index >= 15 is 0 Å². The molecule has 0 N–H and O–H groups in total. The number of rotatable bonds is 5. The Morgan fingerprint density at radius 3 is 1.73 bits per heavy atom. The van der Waals surface area contributed by atoms with Crippen LogP contribution in [0.5, 0.6) is 0 Å². The second-order valence-corrected chi connectivity index (χ2v) is 2.74. The van der Waals surface area contributed by atoms with Crippen LogP contribution in [0.4, 0.5) is 0 Å². The van der Waals surface area contributed by atoms with E-state index in [4.69, 9.17) is 0 Å². The molecular formula is C10H20O5. The summed E-state index contributed by atoms with van der Waals surface area (Å²) >= 11 is 0. The molecule has 0 fully saturated rings. The van der Waals surface area contributed by atoms with Gasteiger partial charge < -0.3 is 4.74 Å². The second kappa shape index (κ2) is 12.9. The highest BCUT2D eigenvalue weighted by Crippen LogP contribution is 1.81. The maximum atomic E-state index is 9.98. The van der Waals surface area contributed by atoms with Gasteiger partial charge in [0, 0.05) is 13.8 Å². The number of hydrogen-bond donors (Lipinski definition) is 0. The smallest absolute Gasteiger partial charge is 0.339 e. The van der Waals surface area contributed by atoms with Gasteiger partial charge in [-0.15, -0.1) is 0 Å². The molecule has 90 valence electrons. The first-order valence-corrected chi connectivity index (χ1v) is 4.97. The van der Waals surface area contributed by atoms with E-state index in [1.165, 1.54) is 13.8 Å². The molecule has 0 heterocycles. The zero-order valence-corrected chi connectivity index (χ0v) is 9.87. The average Bonchev–Trinajstić information content (AvgIpc) is 2.15. The van der Waals surface area contributed by atoms with Crippen molar-refractivity contribution in [2.75, 3.05) is 13.2 Å². The molecule has 0 aliphatic heterocycles. The Hall–Kier alpha value is -1.10. The van der Waals surface area contributed by atoms with E-state index in [0.717, 1.165) is 12.8 Å². The minimum absolute atomic E-state index is 0.193. The molecule has 0 aromatic carbocycles. The zero-order valence-electron chi connectivity index (χ0n) is 9.87. The molecule has 5 heteroatoms. The van der Waals surface area contributed by atoms with Gasteiger partial charge in [-0.2, -0.15) is 4.89 Å². The lowest BCUT2D eigenvalue weighted by atomic mass is 10.5. The zero-order chi connectivity index (χ0) is 12.1. The summed E-state index contributed by atoms with van der Waals surface area (Å²) < 4.78 is 4.55. The van der Waals surface area contributed by atoms with Crippen LogP contribution in [-0.2, 0) is 24.1 Å². The first kappa shape index (κ1) is 16.3. The summed E-state index contributed by atoms with van der Waals surface area (Å²) in [6.07, 6.45) is 1.76. The highest BCUT2D eigenvalue weighted by Gasteiger charge is 1.89. The van der Waals surface area contributed by atoms with Crippen LogP contribution in [0.2, 0.25) is 0 Å². The normalized spacial score (nSPS) is 8.53. The summed E-state index contributed by atoms with van der Waals surface area (Å²) in [7, 11) is 0. The molecule has 0 saturated heterocycles. The van der Waals surface area contributed by atoms with Crippen LogP contribution in [0.1, 0.15) is 40.5 Å². The standard InChI is InChI=1S/C5H10O3.C5H10O2/c1-3-4-7-8-5(2)6;1-3-4-7-5(2)6/h3-4H2,1-2H3;3-4H2,1-2H3. The Bertz CT molecular complexity index is 167. The molecule has 0 rings (SSSR count). The lowest BCUT2D eigenvalue weighted by Crippen LogP contribution is -2.00. The van der Waals surface area contributed by atoms with E-state index in [0.29, 0.717) is 13.2 Å². The minimum Gasteiger partial charge on any atom is -0.466 e. The van der Waals surface area contributed by atoms with Crippen LogP contribution < -0.4 is 0 Å². The molecule has 0 aliphatic rings. The number of ether oxygens (including phenoxy) is 1. The molecule has 0 atom stereocenters. The summed E-state index contributed by atoms with van der Waals surface area (Å²) in [6.45, 7) is 7.63. The lowest BCUT2D eigenvalue weighted by molar-refractivity contribution is -0.270. The fourth-order valence-corrected chi connectivity index (χ4v) is 0.454. The first-order chi connectivity index (χ1) is 7.04. The van der Waals surface area contributed by atoms with E-state index in [-0.39, 0.29) is 5.97 Å². The number of hydrogen-bond acceptors (Lipinski definition) is 5. The quantitative estimate of drug-likeness (QED) is 0.306. The Kier molecular flexibility index (Phi) is 14.0. The van der Waals surface area contributed by atoms with Crippen molar-refractivity contribution in [3.8, 4) is 0 Å². The fraction of sp³-hybridized carbons (Fsp3) is 0.800. The monoisotopic (exact) mass is 220 g/mol. The van der Waals surface area contributed by atoms with E-state index in [2.05, 4.69) is 14.5 Å². The molecule has 0 bridgehead atoms. The van der Waals surface area contributed by atoms with Crippen molar-refractivity contribution in [1.29, 1.82) is 0 Å². The summed E-state index contributed by atoms with van der Waals surface area (Å²) in [5.41, 5.74) is 0.